The van der Waals surface area contributed by atoms with Gasteiger partial charge in [0.15, 0.2) is 0 Å². The smallest absolute Gasteiger partial charge is 0.109 e. The fourth-order valence-electron chi connectivity index (χ4n) is 2.26. The highest BCUT2D eigenvalue weighted by atomic mass is 32.2. The fraction of sp³-hybridized carbons (Fsp3) is 1.00. The number of nitrogens with one attached hydrogen (secondary N) is 1. The fourth-order valence-corrected chi connectivity index (χ4v) is 3.43. The van der Waals surface area contributed by atoms with Gasteiger partial charge in [-0.2, -0.15) is 11.8 Å². The standard InChI is InChI=1S/C11H21NOS/c1-11(2)8-12-10(13-11)6-9-4-3-5-14-7-9/h9-10,12H,3-8H2,1-2H3. The minimum absolute atomic E-state index is 0.0481. The molecule has 2 rings (SSSR count). The van der Waals surface area contributed by atoms with Gasteiger partial charge >= 0.3 is 0 Å². The van der Waals surface area contributed by atoms with Gasteiger partial charge in [-0.3, -0.25) is 5.32 Å². The molecule has 14 heavy (non-hydrogen) atoms. The van der Waals surface area contributed by atoms with E-state index in [1.165, 1.54) is 30.8 Å². The van der Waals surface area contributed by atoms with Gasteiger partial charge in [0.05, 0.1) is 5.60 Å². The van der Waals surface area contributed by atoms with E-state index in [-0.39, 0.29) is 5.60 Å². The molecule has 0 amide bonds. The van der Waals surface area contributed by atoms with Crippen LogP contribution in [0.4, 0.5) is 0 Å². The third-order valence-electron chi connectivity index (χ3n) is 3.02. The van der Waals surface area contributed by atoms with E-state index < -0.39 is 0 Å². The highest BCUT2D eigenvalue weighted by molar-refractivity contribution is 7.99. The first-order valence-corrected chi connectivity index (χ1v) is 6.80. The van der Waals surface area contributed by atoms with Crippen LogP contribution in [-0.2, 0) is 4.74 Å². The van der Waals surface area contributed by atoms with Crippen LogP contribution in [0.15, 0.2) is 0 Å². The summed E-state index contributed by atoms with van der Waals surface area (Å²) < 4.78 is 5.93. The van der Waals surface area contributed by atoms with Gasteiger partial charge < -0.3 is 4.74 Å². The Bertz CT molecular complexity index is 190. The normalized spacial score (nSPS) is 37.3. The zero-order chi connectivity index (χ0) is 10.0. The molecule has 2 atom stereocenters. The second-order valence-electron chi connectivity index (χ2n) is 5.07. The van der Waals surface area contributed by atoms with Crippen LogP contribution in [0.2, 0.25) is 0 Å². The van der Waals surface area contributed by atoms with Crippen LogP contribution in [0, 0.1) is 5.92 Å². The largest absolute Gasteiger partial charge is 0.356 e. The zero-order valence-electron chi connectivity index (χ0n) is 9.21. The van der Waals surface area contributed by atoms with Crippen LogP contribution >= 0.6 is 11.8 Å². The molecule has 0 radical (unpaired) electrons. The Balaban J connectivity index is 1.75. The van der Waals surface area contributed by atoms with E-state index in [9.17, 15) is 0 Å². The molecule has 3 heteroatoms. The Morgan fingerprint density at radius 2 is 2.36 bits per heavy atom. The van der Waals surface area contributed by atoms with Gasteiger partial charge in [-0.25, -0.2) is 0 Å². The monoisotopic (exact) mass is 215 g/mol. The molecule has 0 aromatic heterocycles. The summed E-state index contributed by atoms with van der Waals surface area (Å²) in [6.07, 6.45) is 4.31. The van der Waals surface area contributed by atoms with E-state index in [1.54, 1.807) is 0 Å². The molecule has 2 saturated heterocycles. The van der Waals surface area contributed by atoms with Gasteiger partial charge in [0.1, 0.15) is 6.23 Å². The molecular weight excluding hydrogens is 194 g/mol. The maximum atomic E-state index is 5.93. The van der Waals surface area contributed by atoms with Gasteiger partial charge in [-0.05, 0) is 50.5 Å². The van der Waals surface area contributed by atoms with Crippen molar-refractivity contribution in [2.24, 2.45) is 5.92 Å². The highest BCUT2D eigenvalue weighted by Crippen LogP contribution is 2.29. The molecule has 2 unspecified atom stereocenters. The van der Waals surface area contributed by atoms with Gasteiger partial charge in [0, 0.05) is 6.54 Å². The van der Waals surface area contributed by atoms with E-state index in [4.69, 9.17) is 4.74 Å². The lowest BCUT2D eigenvalue weighted by Crippen LogP contribution is -2.27. The Morgan fingerprint density at radius 3 is 2.93 bits per heavy atom. The first-order chi connectivity index (χ1) is 6.66. The van der Waals surface area contributed by atoms with Crippen molar-refractivity contribution < 1.29 is 4.74 Å². The van der Waals surface area contributed by atoms with Crippen molar-refractivity contribution in [3.05, 3.63) is 0 Å². The molecule has 82 valence electrons. The third kappa shape index (κ3) is 2.88. The summed E-state index contributed by atoms with van der Waals surface area (Å²) in [5.41, 5.74) is 0.0481. The van der Waals surface area contributed by atoms with Crippen molar-refractivity contribution in [2.45, 2.75) is 44.9 Å². The Kier molecular flexibility index (Phi) is 3.40. The van der Waals surface area contributed by atoms with Crippen LogP contribution in [0.1, 0.15) is 33.1 Å². The van der Waals surface area contributed by atoms with E-state index in [2.05, 4.69) is 30.9 Å². The molecule has 2 aliphatic rings. The van der Waals surface area contributed by atoms with Gasteiger partial charge in [-0.15, -0.1) is 0 Å². The molecule has 2 heterocycles. The summed E-state index contributed by atoms with van der Waals surface area (Å²) in [6, 6.07) is 0. The quantitative estimate of drug-likeness (QED) is 0.763. The number of rotatable bonds is 2. The molecule has 2 aliphatic heterocycles. The number of hydrogen-bond donors (Lipinski definition) is 1. The van der Waals surface area contributed by atoms with Crippen molar-refractivity contribution in [2.75, 3.05) is 18.1 Å². The summed E-state index contributed by atoms with van der Waals surface area (Å²) in [7, 11) is 0. The van der Waals surface area contributed by atoms with Crippen molar-refractivity contribution in [1.29, 1.82) is 0 Å². The first-order valence-electron chi connectivity index (χ1n) is 5.65. The van der Waals surface area contributed by atoms with Crippen molar-refractivity contribution >= 4 is 11.8 Å². The van der Waals surface area contributed by atoms with E-state index >= 15 is 0 Å². The van der Waals surface area contributed by atoms with Crippen LogP contribution in [0.5, 0.6) is 0 Å². The van der Waals surface area contributed by atoms with Crippen molar-refractivity contribution in [3.63, 3.8) is 0 Å². The van der Waals surface area contributed by atoms with Crippen LogP contribution < -0.4 is 5.32 Å². The first kappa shape index (κ1) is 10.8. The summed E-state index contributed by atoms with van der Waals surface area (Å²) in [6.45, 7) is 5.32. The molecule has 2 fully saturated rings. The molecule has 0 aromatic rings. The van der Waals surface area contributed by atoms with Crippen LogP contribution in [-0.4, -0.2) is 29.9 Å². The van der Waals surface area contributed by atoms with E-state index in [1.807, 2.05) is 0 Å². The molecule has 0 saturated carbocycles. The molecule has 1 N–H and O–H groups in total. The molecule has 0 bridgehead atoms. The predicted octanol–water partition coefficient (Wildman–Crippen LogP) is 2.24. The van der Waals surface area contributed by atoms with Crippen LogP contribution in [0.3, 0.4) is 0 Å². The predicted molar refractivity (Wildman–Crippen MR) is 61.6 cm³/mol. The number of hydrogen-bond acceptors (Lipinski definition) is 3. The minimum Gasteiger partial charge on any atom is -0.356 e. The Hall–Kier alpha value is 0.270. The summed E-state index contributed by atoms with van der Waals surface area (Å²) in [5, 5.41) is 3.46. The third-order valence-corrected chi connectivity index (χ3v) is 4.30. The van der Waals surface area contributed by atoms with Crippen LogP contribution in [0.25, 0.3) is 0 Å². The lowest BCUT2D eigenvalue weighted by Gasteiger charge is -2.25. The van der Waals surface area contributed by atoms with Gasteiger partial charge in [0.2, 0.25) is 0 Å². The van der Waals surface area contributed by atoms with Gasteiger partial charge in [0.25, 0.3) is 0 Å². The molecule has 2 nitrogen and oxygen atoms in total. The Morgan fingerprint density at radius 1 is 1.50 bits per heavy atom. The van der Waals surface area contributed by atoms with E-state index in [0.717, 1.165) is 12.5 Å². The van der Waals surface area contributed by atoms with Crippen molar-refractivity contribution in [3.8, 4) is 0 Å². The second kappa shape index (κ2) is 4.42. The summed E-state index contributed by atoms with van der Waals surface area (Å²) >= 11 is 2.10. The molecule has 0 aliphatic carbocycles. The lowest BCUT2D eigenvalue weighted by atomic mass is 10.0. The zero-order valence-corrected chi connectivity index (χ0v) is 10.0. The highest BCUT2D eigenvalue weighted by Gasteiger charge is 2.32. The maximum absolute atomic E-state index is 5.93. The average molecular weight is 215 g/mol. The maximum Gasteiger partial charge on any atom is 0.109 e. The average Bonchev–Trinajstić information content (AvgIpc) is 2.47. The molecule has 0 spiro atoms. The van der Waals surface area contributed by atoms with E-state index in [0.29, 0.717) is 6.23 Å². The molecule has 0 aromatic carbocycles. The Labute approximate surface area is 91.2 Å². The van der Waals surface area contributed by atoms with Crippen molar-refractivity contribution in [1.82, 2.24) is 5.32 Å². The second-order valence-corrected chi connectivity index (χ2v) is 6.22. The topological polar surface area (TPSA) is 21.3 Å². The molecular formula is C11H21NOS. The number of thioether (sulfide) groups is 1. The minimum atomic E-state index is 0.0481. The summed E-state index contributed by atoms with van der Waals surface area (Å²) in [4.78, 5) is 0. The lowest BCUT2D eigenvalue weighted by molar-refractivity contribution is -0.0238. The SMILES string of the molecule is CC1(C)CNC(CC2CCCSC2)O1. The van der Waals surface area contributed by atoms with Gasteiger partial charge in [-0.1, -0.05) is 0 Å². The number of ether oxygens (including phenoxy) is 1. The summed E-state index contributed by atoms with van der Waals surface area (Å²) in [5.74, 6) is 3.57.